The van der Waals surface area contributed by atoms with E-state index in [0.29, 0.717) is 0 Å². The predicted octanol–water partition coefficient (Wildman–Crippen LogP) is 0.485. The van der Waals surface area contributed by atoms with E-state index in [1.54, 1.807) is 7.11 Å². The first-order chi connectivity index (χ1) is 4.88. The second-order valence-corrected chi connectivity index (χ2v) is 2.30. The summed E-state index contributed by atoms with van der Waals surface area (Å²) in [5.74, 6) is 1.81. The summed E-state index contributed by atoms with van der Waals surface area (Å²) in [6.07, 6.45) is 0. The first-order valence-electron chi connectivity index (χ1n) is 3.11. The van der Waals surface area contributed by atoms with E-state index >= 15 is 0 Å². The maximum absolute atomic E-state index is 5.18. The van der Waals surface area contributed by atoms with Crippen LogP contribution in [0.3, 0.4) is 0 Å². The fourth-order valence-corrected chi connectivity index (χ4v) is 1.16. The molecule has 2 nitrogen and oxygen atoms in total. The Balaban J connectivity index is 2.96. The van der Waals surface area contributed by atoms with Gasteiger partial charge in [-0.2, -0.15) is 0 Å². The fourth-order valence-electron chi connectivity index (χ4n) is 0.815. The zero-order valence-electron chi connectivity index (χ0n) is 6.16. The molecule has 3 heteroatoms. The third-order valence-corrected chi connectivity index (χ3v) is 1.77. The minimum Gasteiger partial charge on any atom is -0.814 e. The second-order valence-electron chi connectivity index (χ2n) is 1.90. The van der Waals surface area contributed by atoms with Crippen LogP contribution in [0.25, 0.3) is 0 Å². The van der Waals surface area contributed by atoms with Crippen LogP contribution in [0.1, 0.15) is 0 Å². The predicted molar refractivity (Wildman–Crippen MR) is 43.2 cm³/mol. The van der Waals surface area contributed by atoms with Crippen LogP contribution in [0.2, 0.25) is 0 Å². The van der Waals surface area contributed by atoms with Crippen molar-refractivity contribution in [3.05, 3.63) is 24.3 Å². The first kappa shape index (κ1) is 7.46. The van der Waals surface area contributed by atoms with Gasteiger partial charge in [-0.25, -0.2) is 0 Å². The summed E-state index contributed by atoms with van der Waals surface area (Å²) in [6, 6.07) is 7.76. The van der Waals surface area contributed by atoms with Crippen LogP contribution in [0, 0.1) is 0 Å². The highest BCUT2D eigenvalue weighted by Crippen LogP contribution is 2.25. The largest absolute Gasteiger partial charge is 0.814 e. The summed E-state index contributed by atoms with van der Waals surface area (Å²) in [6.45, 7) is 0. The Morgan fingerprint density at radius 2 is 2.10 bits per heavy atom. The van der Waals surface area contributed by atoms with Gasteiger partial charge in [-0.15, -0.1) is 0 Å². The zero-order chi connectivity index (χ0) is 7.40. The van der Waals surface area contributed by atoms with E-state index in [1.165, 1.54) is 0 Å². The lowest BCUT2D eigenvalue weighted by Crippen LogP contribution is -1.87. The number of aliphatic hydroxyl groups is 1. The maximum Gasteiger partial charge on any atom is 0.290 e. The summed E-state index contributed by atoms with van der Waals surface area (Å²) < 4.78 is 9.22. The fraction of sp³-hybridized carbons (Fsp3) is 0.143. The van der Waals surface area contributed by atoms with Gasteiger partial charge in [-0.1, -0.05) is 12.1 Å². The van der Waals surface area contributed by atoms with Crippen LogP contribution in [0.4, 0.5) is 0 Å². The van der Waals surface area contributed by atoms with E-state index in [1.807, 2.05) is 24.3 Å². The van der Waals surface area contributed by atoms with Gasteiger partial charge in [0.05, 0.1) is 0 Å². The van der Waals surface area contributed by atoms with Gasteiger partial charge in [0, 0.05) is 6.07 Å². The van der Waals surface area contributed by atoms with Gasteiger partial charge in [0.1, 0.15) is 5.75 Å². The molecule has 10 heavy (non-hydrogen) atoms. The van der Waals surface area contributed by atoms with Crippen LogP contribution >= 0.6 is 0 Å². The molecule has 0 amide bonds. The van der Waals surface area contributed by atoms with Crippen molar-refractivity contribution >= 4 is 16.6 Å². The standard InChI is InChI=1S/C7H8O2.Al.2H/c1-9-7-5-3-2-4-6(7)8;;;/h2-5,8H,1H3;;;. The molecular formula is C7H10AlO2. The van der Waals surface area contributed by atoms with Crippen molar-refractivity contribution in [2.45, 2.75) is 0 Å². The molecule has 0 unspecified atom stereocenters. The Morgan fingerprint density at radius 3 is 2.60 bits per heavy atom. The summed E-state index contributed by atoms with van der Waals surface area (Å²) in [4.78, 5) is 0. The van der Waals surface area contributed by atoms with E-state index in [4.69, 9.17) is 3.79 Å². The van der Waals surface area contributed by atoms with Gasteiger partial charge in [-0.05, 0) is 6.07 Å². The lowest BCUT2D eigenvalue weighted by atomic mass is 10.3. The molecule has 0 atom stereocenters. The molecule has 0 saturated carbocycles. The smallest absolute Gasteiger partial charge is 0.290 e. The van der Waals surface area contributed by atoms with Crippen LogP contribution in [0.5, 0.6) is 11.5 Å². The van der Waals surface area contributed by atoms with Crippen molar-refractivity contribution in [2.24, 2.45) is 0 Å². The third kappa shape index (κ3) is 1.44. The highest BCUT2D eigenvalue weighted by atomic mass is 27.1. The normalized spacial score (nSPS) is 9.00. The number of rotatable bonds is 2. The Labute approximate surface area is 68.5 Å². The van der Waals surface area contributed by atoms with Crippen molar-refractivity contribution in [3.63, 3.8) is 0 Å². The molecular weight excluding hydrogens is 143 g/mol. The van der Waals surface area contributed by atoms with Crippen molar-refractivity contribution in [1.82, 2.24) is 0 Å². The highest BCUT2D eigenvalue weighted by molar-refractivity contribution is 6.00. The van der Waals surface area contributed by atoms with E-state index in [0.717, 1.165) is 28.1 Å². The highest BCUT2D eigenvalue weighted by Gasteiger charge is 1.99. The second kappa shape index (κ2) is 3.50. The third-order valence-electron chi connectivity index (χ3n) is 1.33. The molecule has 0 spiro atoms. The molecule has 0 aliphatic carbocycles. The Bertz CT molecular complexity index is 190. The number of aromatic hydroxyl groups is 1. The van der Waals surface area contributed by atoms with E-state index in [9.17, 15) is 0 Å². The molecule has 1 rings (SSSR count). The number of para-hydroxylation sites is 2. The monoisotopic (exact) mass is 153 g/mol. The molecule has 0 aliphatic heterocycles. The van der Waals surface area contributed by atoms with Crippen molar-refractivity contribution < 1.29 is 8.53 Å². The quantitative estimate of drug-likeness (QED) is 0.447. The van der Waals surface area contributed by atoms with E-state index in [-0.39, 0.29) is 0 Å². The van der Waals surface area contributed by atoms with Crippen LogP contribution in [-0.4, -0.2) is 28.5 Å². The van der Waals surface area contributed by atoms with Gasteiger partial charge < -0.3 is 8.53 Å². The van der Waals surface area contributed by atoms with Crippen molar-refractivity contribution in [2.75, 3.05) is 7.11 Å². The molecule has 1 aromatic carbocycles. The van der Waals surface area contributed by atoms with Gasteiger partial charge >= 0.3 is 0 Å². The molecule has 1 radical (unpaired) electrons. The number of benzene rings is 1. The van der Waals surface area contributed by atoms with Gasteiger partial charge in [0.15, 0.2) is 23.7 Å². The minimum atomic E-state index is 0.720. The van der Waals surface area contributed by atoms with Crippen molar-refractivity contribution in [1.29, 1.82) is 0 Å². The number of ether oxygens (including phenoxy) is 1. The molecule has 53 valence electrons. The lowest BCUT2D eigenvalue weighted by molar-refractivity contribution is 0.131. The van der Waals surface area contributed by atoms with E-state index < -0.39 is 0 Å². The molecule has 1 N–H and O–H groups in total. The van der Waals surface area contributed by atoms with Crippen LogP contribution in [-0.2, 0) is 0 Å². The average Bonchev–Trinajstić information content (AvgIpc) is 2.04. The molecule has 0 aliphatic rings. The SMILES string of the molecule is C[OH+]c1ccccc1[O][AlH2-]. The number of hydrogen-bond donors (Lipinski definition) is 0. The summed E-state index contributed by atoms with van der Waals surface area (Å²) >= 11 is 0.720. The lowest BCUT2D eigenvalue weighted by Gasteiger charge is -2.10. The molecule has 0 heterocycles. The van der Waals surface area contributed by atoms with Crippen molar-refractivity contribution in [3.8, 4) is 11.5 Å². The molecule has 1 aromatic rings. The molecule has 0 bridgehead atoms. The van der Waals surface area contributed by atoms with Crippen LogP contribution < -0.4 is 3.79 Å². The summed E-state index contributed by atoms with van der Waals surface area (Å²) in [5.41, 5.74) is 0. The van der Waals surface area contributed by atoms with Gasteiger partial charge in [0.25, 0.3) is 5.75 Å². The molecule has 0 aromatic heterocycles. The number of hydrogen-bond acceptors (Lipinski definition) is 1. The Kier molecular flexibility index (Phi) is 2.61. The molecule has 0 fully saturated rings. The molecule has 0 saturated heterocycles. The van der Waals surface area contributed by atoms with Gasteiger partial charge in [0.2, 0.25) is 0 Å². The Morgan fingerprint density at radius 1 is 1.40 bits per heavy atom. The maximum atomic E-state index is 5.18. The summed E-state index contributed by atoms with van der Waals surface area (Å²) in [5, 5.41) is 0. The zero-order valence-corrected chi connectivity index (χ0v) is 8.16. The van der Waals surface area contributed by atoms with Crippen LogP contribution in [0.15, 0.2) is 24.3 Å². The van der Waals surface area contributed by atoms with E-state index in [2.05, 4.69) is 4.74 Å². The average molecular weight is 153 g/mol. The Hall–Kier alpha value is -0.648. The first-order valence-corrected chi connectivity index (χ1v) is 3.93. The minimum absolute atomic E-state index is 0.720. The topological polar surface area (TPSA) is 22.0 Å². The van der Waals surface area contributed by atoms with Gasteiger partial charge in [-0.3, -0.25) is 0 Å². The summed E-state index contributed by atoms with van der Waals surface area (Å²) in [7, 11) is 1.76.